The van der Waals surface area contributed by atoms with Crippen LogP contribution in [-0.2, 0) is 13.1 Å². The van der Waals surface area contributed by atoms with Gasteiger partial charge in [-0.15, -0.1) is 24.0 Å². The smallest absolute Gasteiger partial charge is 0.269 e. The van der Waals surface area contributed by atoms with Crippen molar-refractivity contribution in [1.29, 1.82) is 0 Å². The Hall–Kier alpha value is -1.88. The van der Waals surface area contributed by atoms with Crippen molar-refractivity contribution in [2.45, 2.75) is 13.1 Å². The Morgan fingerprint density at radius 2 is 1.74 bits per heavy atom. The van der Waals surface area contributed by atoms with Crippen LogP contribution in [0, 0.1) is 15.9 Å². The lowest BCUT2D eigenvalue weighted by molar-refractivity contribution is -0.384. The number of hydrogen-bond acceptors (Lipinski definition) is 4. The van der Waals surface area contributed by atoms with Crippen LogP contribution in [0.25, 0.3) is 0 Å². The molecule has 27 heavy (non-hydrogen) atoms. The van der Waals surface area contributed by atoms with Gasteiger partial charge in [-0.05, 0) is 29.5 Å². The molecule has 0 saturated carbocycles. The summed E-state index contributed by atoms with van der Waals surface area (Å²) in [6.07, 6.45) is 2.03. The molecule has 2 rings (SSSR count). The maximum atomic E-state index is 13.0. The molecule has 2 aromatic rings. The molecule has 0 bridgehead atoms. The van der Waals surface area contributed by atoms with Crippen LogP contribution in [0.4, 0.5) is 10.1 Å². The first kappa shape index (κ1) is 23.2. The molecule has 0 aromatic heterocycles. The van der Waals surface area contributed by atoms with Crippen molar-refractivity contribution in [2.24, 2.45) is 4.99 Å². The number of thioether (sulfide) groups is 1. The van der Waals surface area contributed by atoms with Gasteiger partial charge in [0.1, 0.15) is 5.82 Å². The Bertz CT molecular complexity index is 742. The highest BCUT2D eigenvalue weighted by atomic mass is 127. The summed E-state index contributed by atoms with van der Waals surface area (Å²) >= 11 is 1.73. The zero-order chi connectivity index (χ0) is 18.8. The topological polar surface area (TPSA) is 79.6 Å². The Kier molecular flexibility index (Phi) is 10.7. The van der Waals surface area contributed by atoms with Crippen molar-refractivity contribution < 1.29 is 9.31 Å². The summed E-state index contributed by atoms with van der Waals surface area (Å²) in [6, 6.07) is 12.6. The van der Waals surface area contributed by atoms with E-state index in [1.54, 1.807) is 36.0 Å². The molecule has 2 N–H and O–H groups in total. The minimum atomic E-state index is -0.420. The van der Waals surface area contributed by atoms with Gasteiger partial charge in [-0.2, -0.15) is 11.8 Å². The summed E-state index contributed by atoms with van der Waals surface area (Å²) in [4.78, 5) is 14.8. The van der Waals surface area contributed by atoms with Gasteiger partial charge in [-0.3, -0.25) is 10.1 Å². The quantitative estimate of drug-likeness (QED) is 0.142. The summed E-state index contributed by atoms with van der Waals surface area (Å²) in [7, 11) is 0. The highest BCUT2D eigenvalue weighted by molar-refractivity contribution is 14.0. The maximum Gasteiger partial charge on any atom is 0.269 e. The number of nitrogens with one attached hydrogen (secondary N) is 2. The predicted molar refractivity (Wildman–Crippen MR) is 119 cm³/mol. The SMILES string of the molecule is CSCCNC(=NCc1ccc(F)cc1)NCc1ccc([N+](=O)[O-])cc1.I. The standard InChI is InChI=1S/C18H21FN4O2S.HI/c1-26-11-10-20-18(21-12-14-2-6-16(19)7-3-14)22-13-15-4-8-17(9-5-15)23(24)25;/h2-9H,10-13H2,1H3,(H2,20,21,22);1H. The average Bonchev–Trinajstić information content (AvgIpc) is 2.65. The van der Waals surface area contributed by atoms with Crippen molar-refractivity contribution in [3.63, 3.8) is 0 Å². The predicted octanol–water partition coefficient (Wildman–Crippen LogP) is 3.95. The Balaban J connectivity index is 0.00000364. The molecule has 0 aliphatic heterocycles. The normalized spacial score (nSPS) is 10.8. The number of hydrogen-bond donors (Lipinski definition) is 2. The third-order valence-electron chi connectivity index (χ3n) is 3.54. The Labute approximate surface area is 179 Å². The van der Waals surface area contributed by atoms with Gasteiger partial charge in [0.05, 0.1) is 11.5 Å². The second kappa shape index (κ2) is 12.5. The first-order valence-electron chi connectivity index (χ1n) is 8.07. The number of guanidine groups is 1. The first-order valence-corrected chi connectivity index (χ1v) is 9.47. The average molecular weight is 504 g/mol. The summed E-state index contributed by atoms with van der Waals surface area (Å²) in [5.74, 6) is 1.31. The summed E-state index contributed by atoms with van der Waals surface area (Å²) < 4.78 is 13.0. The zero-order valence-corrected chi connectivity index (χ0v) is 18.0. The number of nitro groups is 1. The van der Waals surface area contributed by atoms with E-state index in [0.29, 0.717) is 19.0 Å². The highest BCUT2D eigenvalue weighted by Crippen LogP contribution is 2.11. The molecule has 0 saturated heterocycles. The third-order valence-corrected chi connectivity index (χ3v) is 4.15. The molecule has 0 fully saturated rings. The minimum absolute atomic E-state index is 0. The first-order chi connectivity index (χ1) is 12.6. The third kappa shape index (κ3) is 8.57. The van der Waals surface area contributed by atoms with Crippen LogP contribution < -0.4 is 10.6 Å². The van der Waals surface area contributed by atoms with Crippen molar-refractivity contribution >= 4 is 47.4 Å². The van der Waals surface area contributed by atoms with Crippen molar-refractivity contribution in [3.8, 4) is 0 Å². The molecular formula is C18H22FIN4O2S. The van der Waals surface area contributed by atoms with E-state index in [1.165, 1.54) is 24.3 Å². The van der Waals surface area contributed by atoms with E-state index in [1.807, 2.05) is 6.26 Å². The molecule has 146 valence electrons. The number of rotatable bonds is 8. The van der Waals surface area contributed by atoms with E-state index >= 15 is 0 Å². The number of nitrogens with zero attached hydrogens (tertiary/aromatic N) is 2. The monoisotopic (exact) mass is 504 g/mol. The highest BCUT2D eigenvalue weighted by Gasteiger charge is 2.05. The second-order valence-electron chi connectivity index (χ2n) is 5.49. The fraction of sp³-hybridized carbons (Fsp3) is 0.278. The molecular weight excluding hydrogens is 482 g/mol. The summed E-state index contributed by atoms with van der Waals surface area (Å²) in [6.45, 7) is 1.68. The lowest BCUT2D eigenvalue weighted by atomic mass is 10.2. The van der Waals surface area contributed by atoms with Crippen LogP contribution >= 0.6 is 35.7 Å². The molecule has 0 heterocycles. The molecule has 9 heteroatoms. The molecule has 0 unspecified atom stereocenters. The van der Waals surface area contributed by atoms with Crippen LogP contribution in [0.2, 0.25) is 0 Å². The fourth-order valence-corrected chi connectivity index (χ4v) is 2.43. The van der Waals surface area contributed by atoms with Gasteiger partial charge in [0.25, 0.3) is 5.69 Å². The summed E-state index contributed by atoms with van der Waals surface area (Å²) in [5, 5.41) is 17.2. The van der Waals surface area contributed by atoms with Crippen LogP contribution in [0.5, 0.6) is 0 Å². The van der Waals surface area contributed by atoms with Gasteiger partial charge in [0.15, 0.2) is 5.96 Å². The van der Waals surface area contributed by atoms with Gasteiger partial charge < -0.3 is 10.6 Å². The largest absolute Gasteiger partial charge is 0.356 e. The van der Waals surface area contributed by atoms with Crippen LogP contribution in [0.15, 0.2) is 53.5 Å². The lowest BCUT2D eigenvalue weighted by Crippen LogP contribution is -2.38. The zero-order valence-electron chi connectivity index (χ0n) is 14.9. The molecule has 2 aromatic carbocycles. The van der Waals surface area contributed by atoms with E-state index in [4.69, 9.17) is 0 Å². The fourth-order valence-electron chi connectivity index (χ4n) is 2.13. The molecule has 0 radical (unpaired) electrons. The van der Waals surface area contributed by atoms with E-state index in [9.17, 15) is 14.5 Å². The number of aliphatic imine (C=N–C) groups is 1. The Morgan fingerprint density at radius 1 is 1.11 bits per heavy atom. The molecule has 0 atom stereocenters. The molecule has 0 aliphatic carbocycles. The maximum absolute atomic E-state index is 13.0. The van der Waals surface area contributed by atoms with Gasteiger partial charge >= 0.3 is 0 Å². The van der Waals surface area contributed by atoms with E-state index in [-0.39, 0.29) is 35.5 Å². The van der Waals surface area contributed by atoms with Crippen molar-refractivity contribution in [1.82, 2.24) is 10.6 Å². The van der Waals surface area contributed by atoms with E-state index < -0.39 is 4.92 Å². The van der Waals surface area contributed by atoms with Gasteiger partial charge in [-0.25, -0.2) is 9.38 Å². The number of halogens is 2. The van der Waals surface area contributed by atoms with Crippen LogP contribution in [-0.4, -0.2) is 29.4 Å². The van der Waals surface area contributed by atoms with Gasteiger partial charge in [0, 0.05) is 31.0 Å². The molecule has 0 amide bonds. The Morgan fingerprint density at radius 3 is 2.33 bits per heavy atom. The second-order valence-corrected chi connectivity index (χ2v) is 6.47. The molecule has 0 spiro atoms. The molecule has 0 aliphatic rings. The van der Waals surface area contributed by atoms with Crippen molar-refractivity contribution in [2.75, 3.05) is 18.6 Å². The van der Waals surface area contributed by atoms with Crippen LogP contribution in [0.3, 0.4) is 0 Å². The lowest BCUT2D eigenvalue weighted by Gasteiger charge is -2.12. The van der Waals surface area contributed by atoms with E-state index in [2.05, 4.69) is 15.6 Å². The minimum Gasteiger partial charge on any atom is -0.356 e. The summed E-state index contributed by atoms with van der Waals surface area (Å²) in [5.41, 5.74) is 1.89. The number of nitro benzene ring substituents is 1. The number of benzene rings is 2. The van der Waals surface area contributed by atoms with Crippen LogP contribution in [0.1, 0.15) is 11.1 Å². The number of non-ortho nitro benzene ring substituents is 1. The van der Waals surface area contributed by atoms with E-state index in [0.717, 1.165) is 23.4 Å². The van der Waals surface area contributed by atoms with Crippen molar-refractivity contribution in [3.05, 3.63) is 75.6 Å². The van der Waals surface area contributed by atoms with Gasteiger partial charge in [-0.1, -0.05) is 24.3 Å². The van der Waals surface area contributed by atoms with Gasteiger partial charge in [0.2, 0.25) is 0 Å². The molecule has 6 nitrogen and oxygen atoms in total.